The van der Waals surface area contributed by atoms with Crippen LogP contribution < -0.4 is 5.32 Å². The minimum absolute atomic E-state index is 0.0630. The molecule has 1 heterocycles. The number of carbonyl (C=O) groups is 1. The number of alkyl halides is 1. The largest absolute Gasteiger partial charge is 0.378 e. The Labute approximate surface area is 103 Å². The second-order valence-electron chi connectivity index (χ2n) is 5.06. The van der Waals surface area contributed by atoms with Crippen molar-refractivity contribution in [2.75, 3.05) is 6.61 Å². The summed E-state index contributed by atoms with van der Waals surface area (Å²) in [4.78, 5) is 11.7. The van der Waals surface area contributed by atoms with Crippen molar-refractivity contribution in [1.29, 1.82) is 0 Å². The molecule has 1 amide bonds. The minimum atomic E-state index is -0.352. The molecular weight excluding hydrogens is 226 g/mol. The molecule has 0 radical (unpaired) electrons. The van der Waals surface area contributed by atoms with Crippen LogP contribution >= 0.6 is 11.6 Å². The highest BCUT2D eigenvalue weighted by Gasteiger charge is 2.26. The van der Waals surface area contributed by atoms with E-state index in [-0.39, 0.29) is 22.9 Å². The molecule has 16 heavy (non-hydrogen) atoms. The average Bonchev–Trinajstić information content (AvgIpc) is 2.66. The van der Waals surface area contributed by atoms with E-state index >= 15 is 0 Å². The summed E-state index contributed by atoms with van der Waals surface area (Å²) in [5.41, 5.74) is -0.352. The van der Waals surface area contributed by atoms with Crippen molar-refractivity contribution in [3.8, 4) is 0 Å². The number of hydrogen-bond donors (Lipinski definition) is 1. The van der Waals surface area contributed by atoms with E-state index < -0.39 is 0 Å². The zero-order valence-electron chi connectivity index (χ0n) is 10.4. The van der Waals surface area contributed by atoms with E-state index in [9.17, 15) is 4.79 Å². The fourth-order valence-corrected chi connectivity index (χ4v) is 1.74. The van der Waals surface area contributed by atoms with Gasteiger partial charge in [0, 0.05) is 13.0 Å². The highest BCUT2D eigenvalue weighted by atomic mass is 35.5. The molecule has 2 unspecified atom stereocenters. The van der Waals surface area contributed by atoms with Crippen LogP contribution in [0, 0.1) is 0 Å². The van der Waals surface area contributed by atoms with Crippen molar-refractivity contribution in [1.82, 2.24) is 5.32 Å². The fraction of sp³-hybridized carbons (Fsp3) is 0.917. The maximum absolute atomic E-state index is 11.7. The number of ether oxygens (including phenoxy) is 1. The third-order valence-electron chi connectivity index (χ3n) is 3.17. The van der Waals surface area contributed by atoms with Crippen LogP contribution in [0.1, 0.15) is 46.5 Å². The normalized spacial score (nSPS) is 23.1. The average molecular weight is 248 g/mol. The van der Waals surface area contributed by atoms with Crippen molar-refractivity contribution < 1.29 is 9.53 Å². The maximum Gasteiger partial charge on any atom is 0.220 e. The van der Waals surface area contributed by atoms with Gasteiger partial charge in [-0.2, -0.15) is 0 Å². The minimum Gasteiger partial charge on any atom is -0.378 e. The van der Waals surface area contributed by atoms with Gasteiger partial charge in [-0.25, -0.2) is 0 Å². The molecule has 1 fully saturated rings. The molecule has 2 atom stereocenters. The van der Waals surface area contributed by atoms with Gasteiger partial charge >= 0.3 is 0 Å². The Bertz CT molecular complexity index is 235. The first-order chi connectivity index (χ1) is 7.42. The first-order valence-corrected chi connectivity index (χ1v) is 6.42. The van der Waals surface area contributed by atoms with E-state index in [1.54, 1.807) is 0 Å². The number of nitrogens with one attached hydrogen (secondary N) is 1. The lowest BCUT2D eigenvalue weighted by molar-refractivity contribution is -0.123. The summed E-state index contributed by atoms with van der Waals surface area (Å²) in [6, 6.07) is 0. The van der Waals surface area contributed by atoms with Gasteiger partial charge in [0.2, 0.25) is 5.91 Å². The summed E-state index contributed by atoms with van der Waals surface area (Å²) in [5.74, 6) is 0.0630. The molecule has 94 valence electrons. The summed E-state index contributed by atoms with van der Waals surface area (Å²) in [7, 11) is 0. The molecule has 3 nitrogen and oxygen atoms in total. The lowest BCUT2D eigenvalue weighted by Gasteiger charge is -2.29. The quantitative estimate of drug-likeness (QED) is 0.758. The fourth-order valence-electron chi connectivity index (χ4n) is 1.69. The van der Waals surface area contributed by atoms with Crippen LogP contribution in [0.15, 0.2) is 0 Å². The second-order valence-corrected chi connectivity index (χ2v) is 5.71. The van der Waals surface area contributed by atoms with Gasteiger partial charge in [0.05, 0.1) is 17.0 Å². The van der Waals surface area contributed by atoms with Crippen LogP contribution in [-0.4, -0.2) is 29.5 Å². The molecule has 0 aromatic rings. The number of hydrogen-bond acceptors (Lipinski definition) is 2. The van der Waals surface area contributed by atoms with Gasteiger partial charge in [0.25, 0.3) is 0 Å². The van der Waals surface area contributed by atoms with Crippen LogP contribution in [0.2, 0.25) is 0 Å². The van der Waals surface area contributed by atoms with E-state index in [0.717, 1.165) is 25.9 Å². The van der Waals surface area contributed by atoms with Gasteiger partial charge in [-0.05, 0) is 40.0 Å². The first kappa shape index (κ1) is 13.8. The third kappa shape index (κ3) is 4.30. The predicted octanol–water partition coefficient (Wildman–Crippen LogP) is 2.47. The lowest BCUT2D eigenvalue weighted by atomic mass is 10.0. The predicted molar refractivity (Wildman–Crippen MR) is 65.7 cm³/mol. The number of carbonyl (C=O) groups excluding carboxylic acids is 1. The van der Waals surface area contributed by atoms with Crippen molar-refractivity contribution in [3.05, 3.63) is 0 Å². The molecule has 1 saturated heterocycles. The second kappa shape index (κ2) is 5.87. The summed E-state index contributed by atoms with van der Waals surface area (Å²) in [6.07, 6.45) is 3.83. The van der Waals surface area contributed by atoms with E-state index in [0.29, 0.717) is 6.42 Å². The van der Waals surface area contributed by atoms with Gasteiger partial charge < -0.3 is 10.1 Å². The summed E-state index contributed by atoms with van der Waals surface area (Å²) in [5, 5.41) is 2.87. The molecule has 0 saturated carbocycles. The van der Waals surface area contributed by atoms with E-state index in [4.69, 9.17) is 16.3 Å². The molecule has 0 spiro atoms. The van der Waals surface area contributed by atoms with Gasteiger partial charge in [-0.3, -0.25) is 4.79 Å². The molecule has 1 N–H and O–H groups in total. The van der Waals surface area contributed by atoms with Gasteiger partial charge in [0.15, 0.2) is 0 Å². The Hall–Kier alpha value is -0.280. The van der Waals surface area contributed by atoms with Gasteiger partial charge in [0.1, 0.15) is 0 Å². The van der Waals surface area contributed by atoms with Crippen LogP contribution in [0.4, 0.5) is 0 Å². The first-order valence-electron chi connectivity index (χ1n) is 5.98. The van der Waals surface area contributed by atoms with Crippen LogP contribution in [0.5, 0.6) is 0 Å². The Morgan fingerprint density at radius 1 is 1.62 bits per heavy atom. The van der Waals surface area contributed by atoms with Gasteiger partial charge in [-0.1, -0.05) is 0 Å². The van der Waals surface area contributed by atoms with Crippen LogP contribution in [-0.2, 0) is 9.53 Å². The maximum atomic E-state index is 11.7. The van der Waals surface area contributed by atoms with Crippen molar-refractivity contribution in [2.45, 2.75) is 63.5 Å². The molecule has 0 aliphatic carbocycles. The van der Waals surface area contributed by atoms with Crippen LogP contribution in [0.25, 0.3) is 0 Å². The highest BCUT2D eigenvalue weighted by Crippen LogP contribution is 2.18. The summed E-state index contributed by atoms with van der Waals surface area (Å²) < 4.78 is 5.47. The van der Waals surface area contributed by atoms with Crippen molar-refractivity contribution in [2.24, 2.45) is 0 Å². The SMILES string of the molecule is CC(Cl)C(C)(C)NC(=O)CCC1CCCO1. The molecule has 0 aromatic carbocycles. The van der Waals surface area contributed by atoms with E-state index in [1.165, 1.54) is 0 Å². The molecule has 1 aliphatic rings. The van der Waals surface area contributed by atoms with Crippen molar-refractivity contribution >= 4 is 17.5 Å². The molecule has 0 bridgehead atoms. The smallest absolute Gasteiger partial charge is 0.220 e. The Morgan fingerprint density at radius 3 is 2.81 bits per heavy atom. The zero-order valence-corrected chi connectivity index (χ0v) is 11.1. The van der Waals surface area contributed by atoms with E-state index in [2.05, 4.69) is 5.32 Å². The third-order valence-corrected chi connectivity index (χ3v) is 3.72. The van der Waals surface area contributed by atoms with Gasteiger partial charge in [-0.15, -0.1) is 11.6 Å². The number of rotatable bonds is 5. The number of halogens is 1. The van der Waals surface area contributed by atoms with E-state index in [1.807, 2.05) is 20.8 Å². The summed E-state index contributed by atoms with van der Waals surface area (Å²) in [6.45, 7) is 6.61. The van der Waals surface area contributed by atoms with Crippen molar-refractivity contribution in [3.63, 3.8) is 0 Å². The number of amides is 1. The Kier molecular flexibility index (Phi) is 5.06. The molecule has 1 aliphatic heterocycles. The standard InChI is InChI=1S/C12H22ClNO2/c1-9(13)12(2,3)14-11(15)7-6-10-5-4-8-16-10/h9-10H,4-8H2,1-3H3,(H,14,15). The zero-order chi connectivity index (χ0) is 12.2. The monoisotopic (exact) mass is 247 g/mol. The Morgan fingerprint density at radius 2 is 2.31 bits per heavy atom. The van der Waals surface area contributed by atoms with Crippen LogP contribution in [0.3, 0.4) is 0 Å². The summed E-state index contributed by atoms with van der Waals surface area (Å²) >= 11 is 6.00. The molecular formula is C12H22ClNO2. The lowest BCUT2D eigenvalue weighted by Crippen LogP contribution is -2.49. The molecule has 1 rings (SSSR count). The Balaban J connectivity index is 2.24. The molecule has 0 aromatic heterocycles. The topological polar surface area (TPSA) is 38.3 Å². The molecule has 4 heteroatoms. The highest BCUT2D eigenvalue weighted by molar-refractivity contribution is 6.21.